The molecule has 0 bridgehead atoms. The summed E-state index contributed by atoms with van der Waals surface area (Å²) in [5.41, 5.74) is 3.35. The quantitative estimate of drug-likeness (QED) is 0.251. The number of halogens is 1. The number of benzene rings is 3. The van der Waals surface area contributed by atoms with E-state index >= 15 is 0 Å². The first-order valence-electron chi connectivity index (χ1n) is 9.94. The summed E-state index contributed by atoms with van der Waals surface area (Å²) in [4.78, 5) is 29.7. The summed E-state index contributed by atoms with van der Waals surface area (Å²) >= 11 is 2.19. The number of fused-ring (bicyclic) bond motifs is 1. The smallest absolute Gasteiger partial charge is 0.339 e. The van der Waals surface area contributed by atoms with Crippen molar-refractivity contribution in [3.05, 3.63) is 105 Å². The lowest BCUT2D eigenvalue weighted by atomic mass is 10.1. The van der Waals surface area contributed by atoms with Crippen molar-refractivity contribution in [2.24, 2.45) is 0 Å². The Balaban J connectivity index is 1.51. The van der Waals surface area contributed by atoms with Crippen LogP contribution in [0.25, 0.3) is 23.1 Å². The molecule has 0 aliphatic carbocycles. The molecule has 32 heavy (non-hydrogen) atoms. The molecule has 0 atom stereocenters. The zero-order chi connectivity index (χ0) is 22.3. The van der Waals surface area contributed by atoms with Crippen LogP contribution in [0, 0.1) is 3.57 Å². The number of nitrogens with one attached hydrogen (secondary N) is 1. The minimum Gasteiger partial charge on any atom is -0.452 e. The van der Waals surface area contributed by atoms with E-state index < -0.39 is 11.9 Å². The van der Waals surface area contributed by atoms with Crippen molar-refractivity contribution in [1.29, 1.82) is 0 Å². The highest BCUT2D eigenvalue weighted by Crippen LogP contribution is 2.21. The summed E-state index contributed by atoms with van der Waals surface area (Å²) in [6, 6.07) is 26.2. The van der Waals surface area contributed by atoms with E-state index in [1.165, 1.54) is 0 Å². The first kappa shape index (κ1) is 21.7. The number of nitrogens with zero attached hydrogens (tertiary/aromatic N) is 1. The Kier molecular flexibility index (Phi) is 6.91. The molecule has 0 fully saturated rings. The van der Waals surface area contributed by atoms with Crippen LogP contribution >= 0.6 is 22.6 Å². The van der Waals surface area contributed by atoms with E-state index in [4.69, 9.17) is 4.74 Å². The van der Waals surface area contributed by atoms with Crippen molar-refractivity contribution in [1.82, 2.24) is 4.98 Å². The van der Waals surface area contributed by atoms with Gasteiger partial charge in [0, 0.05) is 14.6 Å². The van der Waals surface area contributed by atoms with Crippen molar-refractivity contribution in [2.75, 3.05) is 11.9 Å². The summed E-state index contributed by atoms with van der Waals surface area (Å²) in [6.07, 6.45) is 3.78. The minimum atomic E-state index is -0.573. The standard InChI is InChI=1S/C26H19IN2O3/c27-19-11-14-20(15-12-19)29-25(30)17-32-26(31)23-16-21(13-10-18-6-2-1-3-7-18)28-24-9-5-4-8-22(23)24/h1-16H,17H2,(H,29,30). The molecule has 1 N–H and O–H groups in total. The van der Waals surface area contributed by atoms with Crippen molar-refractivity contribution in [2.45, 2.75) is 0 Å². The fraction of sp³-hybridized carbons (Fsp3) is 0.0385. The lowest BCUT2D eigenvalue weighted by molar-refractivity contribution is -0.119. The molecular weight excluding hydrogens is 515 g/mol. The summed E-state index contributed by atoms with van der Waals surface area (Å²) in [5, 5.41) is 3.39. The fourth-order valence-corrected chi connectivity index (χ4v) is 3.49. The summed E-state index contributed by atoms with van der Waals surface area (Å²) < 4.78 is 6.37. The van der Waals surface area contributed by atoms with E-state index in [0.29, 0.717) is 27.8 Å². The van der Waals surface area contributed by atoms with Gasteiger partial charge in [0.15, 0.2) is 6.61 Å². The van der Waals surface area contributed by atoms with E-state index in [1.807, 2.05) is 78.9 Å². The average Bonchev–Trinajstić information content (AvgIpc) is 2.83. The largest absolute Gasteiger partial charge is 0.452 e. The van der Waals surface area contributed by atoms with Crippen molar-refractivity contribution >= 4 is 63.2 Å². The molecule has 0 saturated heterocycles. The van der Waals surface area contributed by atoms with E-state index in [9.17, 15) is 9.59 Å². The normalized spacial score (nSPS) is 10.9. The Hall–Kier alpha value is -3.52. The third kappa shape index (κ3) is 5.59. The number of anilines is 1. The maximum Gasteiger partial charge on any atom is 0.339 e. The van der Waals surface area contributed by atoms with Gasteiger partial charge in [-0.3, -0.25) is 4.79 Å². The van der Waals surface area contributed by atoms with Crippen LogP contribution in [0.4, 0.5) is 5.69 Å². The Morgan fingerprint density at radius 2 is 1.62 bits per heavy atom. The number of para-hydroxylation sites is 1. The molecule has 5 nitrogen and oxygen atoms in total. The molecule has 6 heteroatoms. The molecule has 4 aromatic rings. The molecule has 0 saturated carbocycles. The Labute approximate surface area is 199 Å². The van der Waals surface area contributed by atoms with E-state index in [1.54, 1.807) is 18.2 Å². The number of carbonyl (C=O) groups excluding carboxylic acids is 2. The van der Waals surface area contributed by atoms with Gasteiger partial charge in [0.25, 0.3) is 5.91 Å². The summed E-state index contributed by atoms with van der Waals surface area (Å²) in [6.45, 7) is -0.378. The number of carbonyl (C=O) groups is 2. The second-order valence-electron chi connectivity index (χ2n) is 6.99. The number of amides is 1. The van der Waals surface area contributed by atoms with Gasteiger partial charge in [-0.15, -0.1) is 0 Å². The molecule has 1 aromatic heterocycles. The van der Waals surface area contributed by atoms with Crippen LogP contribution in [0.3, 0.4) is 0 Å². The molecule has 4 rings (SSSR count). The van der Waals surface area contributed by atoms with Gasteiger partial charge < -0.3 is 10.1 Å². The molecule has 0 unspecified atom stereocenters. The summed E-state index contributed by atoms with van der Waals surface area (Å²) in [7, 11) is 0. The highest BCUT2D eigenvalue weighted by molar-refractivity contribution is 14.1. The third-order valence-electron chi connectivity index (χ3n) is 4.66. The second kappa shape index (κ2) is 10.2. The molecule has 3 aromatic carbocycles. The van der Waals surface area contributed by atoms with Gasteiger partial charge in [-0.1, -0.05) is 54.6 Å². The SMILES string of the molecule is O=C(COC(=O)c1cc(C=Cc2ccccc2)nc2ccccc12)Nc1ccc(I)cc1. The molecule has 0 aliphatic rings. The molecule has 0 radical (unpaired) electrons. The van der Waals surface area contributed by atoms with Gasteiger partial charge in [0.1, 0.15) is 0 Å². The van der Waals surface area contributed by atoms with Gasteiger partial charge in [0.2, 0.25) is 0 Å². The lowest BCUT2D eigenvalue weighted by Gasteiger charge is -2.09. The maximum atomic E-state index is 12.8. The zero-order valence-electron chi connectivity index (χ0n) is 17.0. The first-order valence-corrected chi connectivity index (χ1v) is 11.0. The van der Waals surface area contributed by atoms with Crippen LogP contribution in [-0.2, 0) is 9.53 Å². The van der Waals surface area contributed by atoms with Crippen molar-refractivity contribution in [3.8, 4) is 0 Å². The fourth-order valence-electron chi connectivity index (χ4n) is 3.14. The van der Waals surface area contributed by atoms with Crippen LogP contribution in [0.1, 0.15) is 21.6 Å². The van der Waals surface area contributed by atoms with Crippen LogP contribution in [0.5, 0.6) is 0 Å². The number of rotatable bonds is 6. The Morgan fingerprint density at radius 3 is 2.41 bits per heavy atom. The van der Waals surface area contributed by atoms with Gasteiger partial charge in [0.05, 0.1) is 16.8 Å². The molecule has 1 heterocycles. The Morgan fingerprint density at radius 1 is 0.906 bits per heavy atom. The van der Waals surface area contributed by atoms with Crippen LogP contribution in [0.2, 0.25) is 0 Å². The number of pyridine rings is 1. The van der Waals surface area contributed by atoms with Gasteiger partial charge in [-0.2, -0.15) is 0 Å². The molecule has 158 valence electrons. The first-order chi connectivity index (χ1) is 15.6. The minimum absolute atomic E-state index is 0.366. The number of hydrogen-bond donors (Lipinski definition) is 1. The van der Waals surface area contributed by atoms with Crippen molar-refractivity contribution in [3.63, 3.8) is 0 Å². The van der Waals surface area contributed by atoms with E-state index in [0.717, 1.165) is 9.13 Å². The van der Waals surface area contributed by atoms with E-state index in [-0.39, 0.29) is 6.61 Å². The second-order valence-corrected chi connectivity index (χ2v) is 8.23. The maximum absolute atomic E-state index is 12.8. The van der Waals surface area contributed by atoms with Gasteiger partial charge in [-0.05, 0) is 70.6 Å². The summed E-state index contributed by atoms with van der Waals surface area (Å²) in [5.74, 6) is -0.974. The van der Waals surface area contributed by atoms with Gasteiger partial charge >= 0.3 is 5.97 Å². The molecule has 0 spiro atoms. The van der Waals surface area contributed by atoms with Crippen LogP contribution in [0.15, 0.2) is 84.9 Å². The predicted octanol–water partition coefficient (Wildman–Crippen LogP) is 5.81. The zero-order valence-corrected chi connectivity index (χ0v) is 19.2. The van der Waals surface area contributed by atoms with E-state index in [2.05, 4.69) is 32.9 Å². The number of aromatic nitrogens is 1. The number of ether oxygens (including phenoxy) is 1. The number of esters is 1. The predicted molar refractivity (Wildman–Crippen MR) is 135 cm³/mol. The van der Waals surface area contributed by atoms with Crippen molar-refractivity contribution < 1.29 is 14.3 Å². The molecule has 0 aliphatic heterocycles. The Bertz CT molecular complexity index is 1290. The topological polar surface area (TPSA) is 68.3 Å². The highest BCUT2D eigenvalue weighted by atomic mass is 127. The van der Waals surface area contributed by atoms with Crippen LogP contribution < -0.4 is 5.32 Å². The van der Waals surface area contributed by atoms with Crippen LogP contribution in [-0.4, -0.2) is 23.5 Å². The molecular formula is C26H19IN2O3. The monoisotopic (exact) mass is 534 g/mol. The highest BCUT2D eigenvalue weighted by Gasteiger charge is 2.15. The van der Waals surface area contributed by atoms with Gasteiger partial charge in [-0.25, -0.2) is 9.78 Å². The number of hydrogen-bond acceptors (Lipinski definition) is 4. The average molecular weight is 534 g/mol. The lowest BCUT2D eigenvalue weighted by Crippen LogP contribution is -2.21. The third-order valence-corrected chi connectivity index (χ3v) is 5.38. The molecule has 1 amide bonds.